The molecule has 1 amide bonds. The number of nitrogens with one attached hydrogen (secondary N) is 1. The molecule has 0 aliphatic carbocycles. The van der Waals surface area contributed by atoms with Gasteiger partial charge in [-0.1, -0.05) is 0 Å². The van der Waals surface area contributed by atoms with Crippen LogP contribution in [0, 0.1) is 0 Å². The van der Waals surface area contributed by atoms with E-state index in [1.165, 1.54) is 0 Å². The summed E-state index contributed by atoms with van der Waals surface area (Å²) >= 11 is 0. The van der Waals surface area contributed by atoms with Crippen LogP contribution in [0.3, 0.4) is 0 Å². The van der Waals surface area contributed by atoms with E-state index in [1.54, 1.807) is 23.1 Å². The van der Waals surface area contributed by atoms with E-state index in [2.05, 4.69) is 20.3 Å². The Morgan fingerprint density at radius 3 is 2.91 bits per heavy atom. The number of carbonyl (C=O) groups excluding carboxylic acids is 1. The highest BCUT2D eigenvalue weighted by atomic mass is 16.5. The molecule has 23 heavy (non-hydrogen) atoms. The smallest absolute Gasteiger partial charge is 0.255 e. The molecule has 7 heteroatoms. The monoisotopic (exact) mass is 315 g/mol. The summed E-state index contributed by atoms with van der Waals surface area (Å²) in [5, 5.41) is 7.17. The van der Waals surface area contributed by atoms with E-state index in [9.17, 15) is 4.79 Å². The Morgan fingerprint density at radius 1 is 1.35 bits per heavy atom. The summed E-state index contributed by atoms with van der Waals surface area (Å²) < 4.78 is 7.17. The van der Waals surface area contributed by atoms with Crippen LogP contribution in [0.15, 0.2) is 36.8 Å². The summed E-state index contributed by atoms with van der Waals surface area (Å²) in [6, 6.07) is 5.44. The maximum atomic E-state index is 12.6. The molecule has 122 valence electrons. The van der Waals surface area contributed by atoms with Gasteiger partial charge in [-0.15, -0.1) is 0 Å². The fraction of sp³-hybridized carbons (Fsp3) is 0.438. The predicted molar refractivity (Wildman–Crippen MR) is 86.4 cm³/mol. The van der Waals surface area contributed by atoms with Crippen molar-refractivity contribution in [3.05, 3.63) is 42.4 Å². The van der Waals surface area contributed by atoms with Crippen LogP contribution in [0.5, 0.6) is 0 Å². The zero-order chi connectivity index (χ0) is 16.1. The van der Waals surface area contributed by atoms with Crippen molar-refractivity contribution >= 4 is 11.7 Å². The highest BCUT2D eigenvalue weighted by Crippen LogP contribution is 2.18. The van der Waals surface area contributed by atoms with Crippen molar-refractivity contribution in [1.29, 1.82) is 0 Å². The minimum atomic E-state index is -0.112. The van der Waals surface area contributed by atoms with Crippen molar-refractivity contribution in [3.63, 3.8) is 0 Å². The van der Waals surface area contributed by atoms with Gasteiger partial charge < -0.3 is 15.0 Å². The molecule has 1 aliphatic heterocycles. The quantitative estimate of drug-likeness (QED) is 0.889. The Labute approximate surface area is 135 Å². The molecule has 1 N–H and O–H groups in total. The second-order valence-electron chi connectivity index (χ2n) is 5.58. The summed E-state index contributed by atoms with van der Waals surface area (Å²) in [7, 11) is 0. The van der Waals surface area contributed by atoms with Crippen LogP contribution in [0.25, 0.3) is 0 Å². The lowest BCUT2D eigenvalue weighted by molar-refractivity contribution is 0.0934. The Bertz CT molecular complexity index is 638. The minimum Gasteiger partial charge on any atom is -0.378 e. The molecule has 3 rings (SSSR count). The molecule has 2 aromatic heterocycles. The second-order valence-corrected chi connectivity index (χ2v) is 5.58. The fourth-order valence-electron chi connectivity index (χ4n) is 2.64. The third-order valence-corrected chi connectivity index (χ3v) is 3.74. The van der Waals surface area contributed by atoms with Crippen molar-refractivity contribution in [3.8, 4) is 0 Å². The average molecular weight is 315 g/mol. The number of aromatic nitrogens is 3. The van der Waals surface area contributed by atoms with Gasteiger partial charge in [0.2, 0.25) is 0 Å². The molecule has 1 atom stereocenters. The first-order chi connectivity index (χ1) is 11.2. The average Bonchev–Trinajstić information content (AvgIpc) is 3.08. The van der Waals surface area contributed by atoms with Crippen LogP contribution in [-0.2, 0) is 11.3 Å². The standard InChI is InChI=1S/C16H21N5O2/c1-13(12-21-7-3-6-18-21)19-16(22)14-4-2-5-17-15(14)20-8-10-23-11-9-20/h2-7,13H,8-12H2,1H3,(H,19,22)/t13-/m0/s1. The van der Waals surface area contributed by atoms with E-state index < -0.39 is 0 Å². The summed E-state index contributed by atoms with van der Waals surface area (Å²) in [6.45, 7) is 5.41. The molecule has 2 aromatic rings. The molecule has 7 nitrogen and oxygen atoms in total. The molecular weight excluding hydrogens is 294 g/mol. The summed E-state index contributed by atoms with van der Waals surface area (Å²) in [5.74, 6) is 0.610. The minimum absolute atomic E-state index is 0.0276. The number of nitrogens with zero attached hydrogens (tertiary/aromatic N) is 4. The SMILES string of the molecule is C[C@@H](Cn1cccn1)NC(=O)c1cccnc1N1CCOCC1. The topological polar surface area (TPSA) is 72.3 Å². The molecule has 0 saturated carbocycles. The fourth-order valence-corrected chi connectivity index (χ4v) is 2.64. The molecule has 1 aliphatic rings. The van der Waals surface area contributed by atoms with Gasteiger partial charge in [0.1, 0.15) is 5.82 Å². The van der Waals surface area contributed by atoms with Gasteiger partial charge in [-0.05, 0) is 25.1 Å². The lowest BCUT2D eigenvalue weighted by Crippen LogP contribution is -2.40. The van der Waals surface area contributed by atoms with Crippen molar-refractivity contribution in [2.24, 2.45) is 0 Å². The second kappa shape index (κ2) is 7.23. The molecule has 0 bridgehead atoms. The van der Waals surface area contributed by atoms with Crippen LogP contribution < -0.4 is 10.2 Å². The van der Waals surface area contributed by atoms with Crippen molar-refractivity contribution < 1.29 is 9.53 Å². The molecule has 3 heterocycles. The van der Waals surface area contributed by atoms with E-state index in [4.69, 9.17) is 4.74 Å². The van der Waals surface area contributed by atoms with Crippen LogP contribution in [0.4, 0.5) is 5.82 Å². The van der Waals surface area contributed by atoms with E-state index in [-0.39, 0.29) is 11.9 Å². The normalized spacial score (nSPS) is 16.1. The summed E-state index contributed by atoms with van der Waals surface area (Å²) in [5.41, 5.74) is 0.599. The summed E-state index contributed by atoms with van der Waals surface area (Å²) in [6.07, 6.45) is 5.33. The van der Waals surface area contributed by atoms with Gasteiger partial charge in [-0.3, -0.25) is 9.48 Å². The number of morpholine rings is 1. The van der Waals surface area contributed by atoms with Gasteiger partial charge in [0.15, 0.2) is 0 Å². The molecule has 0 spiro atoms. The van der Waals surface area contributed by atoms with Gasteiger partial charge in [0.25, 0.3) is 5.91 Å². The molecule has 0 aromatic carbocycles. The molecule has 1 fully saturated rings. The van der Waals surface area contributed by atoms with Crippen molar-refractivity contribution in [2.45, 2.75) is 19.5 Å². The number of anilines is 1. The van der Waals surface area contributed by atoms with E-state index in [0.717, 1.165) is 18.9 Å². The molecular formula is C16H21N5O2. The number of amides is 1. The van der Waals surface area contributed by atoms with Gasteiger partial charge in [0, 0.05) is 37.7 Å². The van der Waals surface area contributed by atoms with Gasteiger partial charge >= 0.3 is 0 Å². The van der Waals surface area contributed by atoms with Crippen molar-refractivity contribution in [1.82, 2.24) is 20.1 Å². The summed E-state index contributed by atoms with van der Waals surface area (Å²) in [4.78, 5) is 19.1. The van der Waals surface area contributed by atoms with E-state index >= 15 is 0 Å². The van der Waals surface area contributed by atoms with Crippen LogP contribution in [0.1, 0.15) is 17.3 Å². The first-order valence-electron chi connectivity index (χ1n) is 7.80. The Kier molecular flexibility index (Phi) is 4.87. The third-order valence-electron chi connectivity index (χ3n) is 3.74. The highest BCUT2D eigenvalue weighted by molar-refractivity contribution is 5.99. The van der Waals surface area contributed by atoms with Crippen LogP contribution >= 0.6 is 0 Å². The molecule has 0 radical (unpaired) electrons. The molecule has 1 saturated heterocycles. The number of hydrogen-bond acceptors (Lipinski definition) is 5. The number of ether oxygens (including phenoxy) is 1. The Morgan fingerprint density at radius 2 is 2.17 bits per heavy atom. The van der Waals surface area contributed by atoms with Gasteiger partial charge in [-0.25, -0.2) is 4.98 Å². The van der Waals surface area contributed by atoms with Crippen LogP contribution in [0.2, 0.25) is 0 Å². The zero-order valence-corrected chi connectivity index (χ0v) is 13.2. The number of carbonyl (C=O) groups is 1. The largest absolute Gasteiger partial charge is 0.378 e. The highest BCUT2D eigenvalue weighted by Gasteiger charge is 2.20. The van der Waals surface area contributed by atoms with Crippen LogP contribution in [-0.4, -0.2) is 53.0 Å². The van der Waals surface area contributed by atoms with E-state index in [1.807, 2.05) is 25.3 Å². The first kappa shape index (κ1) is 15.5. The lowest BCUT2D eigenvalue weighted by Gasteiger charge is -2.29. The Balaban J connectivity index is 1.69. The third kappa shape index (κ3) is 3.87. The maximum absolute atomic E-state index is 12.6. The number of hydrogen-bond donors (Lipinski definition) is 1. The number of rotatable bonds is 5. The zero-order valence-electron chi connectivity index (χ0n) is 13.2. The predicted octanol–water partition coefficient (Wildman–Crippen LogP) is 0.933. The van der Waals surface area contributed by atoms with Gasteiger partial charge in [-0.2, -0.15) is 5.10 Å². The van der Waals surface area contributed by atoms with Gasteiger partial charge in [0.05, 0.1) is 25.3 Å². The Hall–Kier alpha value is -2.41. The van der Waals surface area contributed by atoms with E-state index in [0.29, 0.717) is 25.3 Å². The first-order valence-corrected chi connectivity index (χ1v) is 7.80. The number of pyridine rings is 1. The lowest BCUT2D eigenvalue weighted by atomic mass is 10.2. The molecule has 0 unspecified atom stereocenters. The van der Waals surface area contributed by atoms with Crippen molar-refractivity contribution in [2.75, 3.05) is 31.2 Å². The maximum Gasteiger partial charge on any atom is 0.255 e.